The number of aryl methyl sites for hydroxylation is 1. The van der Waals surface area contributed by atoms with Crippen molar-refractivity contribution in [3.05, 3.63) is 40.9 Å². The lowest BCUT2D eigenvalue weighted by Crippen LogP contribution is -2.30. The fourth-order valence-corrected chi connectivity index (χ4v) is 2.56. The zero-order valence-electron chi connectivity index (χ0n) is 10.7. The number of hydrogen-bond donors (Lipinski definition) is 1. The molecular weight excluding hydrogens is 244 g/mol. The highest BCUT2D eigenvalue weighted by Gasteiger charge is 2.16. The topological polar surface area (TPSA) is 42.0 Å². The molecule has 94 valence electrons. The maximum absolute atomic E-state index is 12.0. The molecule has 0 spiro atoms. The van der Waals surface area contributed by atoms with Crippen molar-refractivity contribution in [2.45, 2.75) is 26.8 Å². The molecule has 0 saturated heterocycles. The summed E-state index contributed by atoms with van der Waals surface area (Å²) in [5.74, 6) is -0.0964. The summed E-state index contributed by atoms with van der Waals surface area (Å²) in [5, 5.41) is 3.76. The van der Waals surface area contributed by atoms with Gasteiger partial charge in [0.15, 0.2) is 0 Å². The van der Waals surface area contributed by atoms with E-state index in [0.29, 0.717) is 5.69 Å². The number of thiazole rings is 1. The van der Waals surface area contributed by atoms with Crippen LogP contribution >= 0.6 is 11.3 Å². The maximum atomic E-state index is 12.0. The summed E-state index contributed by atoms with van der Waals surface area (Å²) in [5.41, 5.74) is 1.58. The van der Waals surface area contributed by atoms with Crippen molar-refractivity contribution < 1.29 is 4.79 Å². The minimum atomic E-state index is -0.0964. The molecule has 0 aliphatic carbocycles. The molecule has 0 radical (unpaired) electrons. The molecule has 1 aromatic carbocycles. The molecule has 1 heterocycles. The molecule has 1 amide bonds. The first-order valence-electron chi connectivity index (χ1n) is 5.91. The molecule has 4 heteroatoms. The lowest BCUT2D eigenvalue weighted by Gasteiger charge is -2.06. The minimum Gasteiger partial charge on any atom is -0.348 e. The molecular formula is C14H16N2OS. The van der Waals surface area contributed by atoms with E-state index in [1.165, 1.54) is 0 Å². The maximum Gasteiger partial charge on any atom is 0.271 e. The summed E-state index contributed by atoms with van der Waals surface area (Å²) in [6, 6.07) is 10.0. The minimum absolute atomic E-state index is 0.0964. The van der Waals surface area contributed by atoms with Crippen molar-refractivity contribution in [3.8, 4) is 10.6 Å². The van der Waals surface area contributed by atoms with Gasteiger partial charge in [-0.1, -0.05) is 30.3 Å². The fourth-order valence-electron chi connectivity index (χ4n) is 1.64. The Kier molecular flexibility index (Phi) is 3.77. The molecule has 0 fully saturated rings. The monoisotopic (exact) mass is 260 g/mol. The van der Waals surface area contributed by atoms with E-state index in [0.717, 1.165) is 15.4 Å². The Morgan fingerprint density at radius 2 is 1.94 bits per heavy atom. The Balaban J connectivity index is 2.30. The summed E-state index contributed by atoms with van der Waals surface area (Å²) in [6.07, 6.45) is 0. The molecule has 0 aliphatic heterocycles. The second kappa shape index (κ2) is 5.31. The zero-order chi connectivity index (χ0) is 13.1. The van der Waals surface area contributed by atoms with Crippen LogP contribution in [0.15, 0.2) is 30.3 Å². The van der Waals surface area contributed by atoms with Crippen LogP contribution in [0.3, 0.4) is 0 Å². The van der Waals surface area contributed by atoms with E-state index in [4.69, 9.17) is 0 Å². The van der Waals surface area contributed by atoms with Gasteiger partial charge in [0.2, 0.25) is 0 Å². The van der Waals surface area contributed by atoms with E-state index in [-0.39, 0.29) is 11.9 Å². The van der Waals surface area contributed by atoms with Gasteiger partial charge in [-0.25, -0.2) is 4.98 Å². The predicted octanol–water partition coefficient (Wildman–Crippen LogP) is 3.26. The lowest BCUT2D eigenvalue weighted by molar-refractivity contribution is 0.0938. The molecule has 0 atom stereocenters. The summed E-state index contributed by atoms with van der Waals surface area (Å²) < 4.78 is 0. The highest BCUT2D eigenvalue weighted by atomic mass is 32.1. The highest BCUT2D eigenvalue weighted by molar-refractivity contribution is 7.15. The van der Waals surface area contributed by atoms with E-state index in [1.54, 1.807) is 11.3 Å². The molecule has 1 aromatic heterocycles. The van der Waals surface area contributed by atoms with Crippen LogP contribution < -0.4 is 5.32 Å². The third-order valence-electron chi connectivity index (χ3n) is 2.45. The van der Waals surface area contributed by atoms with Crippen molar-refractivity contribution >= 4 is 17.2 Å². The molecule has 0 saturated carbocycles. The number of carbonyl (C=O) groups is 1. The predicted molar refractivity (Wildman–Crippen MR) is 74.9 cm³/mol. The molecule has 2 rings (SSSR count). The smallest absolute Gasteiger partial charge is 0.271 e. The summed E-state index contributed by atoms with van der Waals surface area (Å²) >= 11 is 1.55. The van der Waals surface area contributed by atoms with E-state index < -0.39 is 0 Å². The van der Waals surface area contributed by atoms with E-state index in [2.05, 4.69) is 10.3 Å². The number of nitrogens with zero attached hydrogens (tertiary/aromatic N) is 1. The first-order chi connectivity index (χ1) is 8.58. The SMILES string of the molecule is Cc1sc(-c2ccccc2)nc1C(=O)NC(C)C. The average molecular weight is 260 g/mol. The zero-order valence-corrected chi connectivity index (χ0v) is 11.5. The van der Waals surface area contributed by atoms with Crippen LogP contribution in [0.25, 0.3) is 10.6 Å². The Morgan fingerprint density at radius 3 is 2.56 bits per heavy atom. The Bertz CT molecular complexity index is 546. The van der Waals surface area contributed by atoms with Crippen LogP contribution in [-0.4, -0.2) is 16.9 Å². The number of amides is 1. The lowest BCUT2D eigenvalue weighted by atomic mass is 10.2. The number of carbonyl (C=O) groups excluding carboxylic acids is 1. The third kappa shape index (κ3) is 2.76. The Labute approximate surface area is 111 Å². The van der Waals surface area contributed by atoms with Crippen LogP contribution in [0.1, 0.15) is 29.2 Å². The van der Waals surface area contributed by atoms with Crippen molar-refractivity contribution in [2.75, 3.05) is 0 Å². The van der Waals surface area contributed by atoms with Crippen molar-refractivity contribution in [2.24, 2.45) is 0 Å². The van der Waals surface area contributed by atoms with Crippen LogP contribution in [0, 0.1) is 6.92 Å². The third-order valence-corrected chi connectivity index (χ3v) is 3.47. The van der Waals surface area contributed by atoms with Crippen molar-refractivity contribution in [3.63, 3.8) is 0 Å². The Morgan fingerprint density at radius 1 is 1.28 bits per heavy atom. The van der Waals surface area contributed by atoms with Gasteiger partial charge in [0, 0.05) is 16.5 Å². The van der Waals surface area contributed by atoms with Gasteiger partial charge in [0.1, 0.15) is 10.7 Å². The van der Waals surface area contributed by atoms with Crippen LogP contribution in [0.2, 0.25) is 0 Å². The largest absolute Gasteiger partial charge is 0.348 e. The van der Waals surface area contributed by atoms with Crippen LogP contribution in [-0.2, 0) is 0 Å². The molecule has 18 heavy (non-hydrogen) atoms. The number of benzene rings is 1. The van der Waals surface area contributed by atoms with Gasteiger partial charge in [-0.15, -0.1) is 11.3 Å². The second-order valence-electron chi connectivity index (χ2n) is 4.42. The Hall–Kier alpha value is -1.68. The first-order valence-corrected chi connectivity index (χ1v) is 6.73. The number of nitrogens with one attached hydrogen (secondary N) is 1. The second-order valence-corrected chi connectivity index (χ2v) is 5.62. The van der Waals surface area contributed by atoms with Gasteiger partial charge < -0.3 is 5.32 Å². The van der Waals surface area contributed by atoms with Gasteiger partial charge in [-0.05, 0) is 20.8 Å². The highest BCUT2D eigenvalue weighted by Crippen LogP contribution is 2.27. The number of hydrogen-bond acceptors (Lipinski definition) is 3. The molecule has 3 nitrogen and oxygen atoms in total. The molecule has 2 aromatic rings. The van der Waals surface area contributed by atoms with Gasteiger partial charge in [-0.3, -0.25) is 4.79 Å². The molecule has 1 N–H and O–H groups in total. The van der Waals surface area contributed by atoms with Gasteiger partial charge >= 0.3 is 0 Å². The van der Waals surface area contributed by atoms with E-state index >= 15 is 0 Å². The quantitative estimate of drug-likeness (QED) is 0.920. The normalized spacial score (nSPS) is 10.7. The van der Waals surface area contributed by atoms with Gasteiger partial charge in [0.25, 0.3) is 5.91 Å². The van der Waals surface area contributed by atoms with Crippen molar-refractivity contribution in [1.82, 2.24) is 10.3 Å². The van der Waals surface area contributed by atoms with Crippen molar-refractivity contribution in [1.29, 1.82) is 0 Å². The van der Waals surface area contributed by atoms with Crippen LogP contribution in [0.5, 0.6) is 0 Å². The summed E-state index contributed by atoms with van der Waals surface area (Å²) in [6.45, 7) is 5.81. The average Bonchev–Trinajstić information content (AvgIpc) is 2.72. The van der Waals surface area contributed by atoms with Gasteiger partial charge in [-0.2, -0.15) is 0 Å². The molecule has 0 aliphatic rings. The van der Waals surface area contributed by atoms with E-state index in [9.17, 15) is 4.79 Å². The first kappa shape index (κ1) is 12.8. The molecule has 0 unspecified atom stereocenters. The summed E-state index contributed by atoms with van der Waals surface area (Å²) in [7, 11) is 0. The number of rotatable bonds is 3. The fraction of sp³-hybridized carbons (Fsp3) is 0.286. The number of aromatic nitrogens is 1. The van der Waals surface area contributed by atoms with E-state index in [1.807, 2.05) is 51.1 Å². The molecule has 0 bridgehead atoms. The van der Waals surface area contributed by atoms with Gasteiger partial charge in [0.05, 0.1) is 0 Å². The van der Waals surface area contributed by atoms with Crippen LogP contribution in [0.4, 0.5) is 0 Å². The summed E-state index contributed by atoms with van der Waals surface area (Å²) in [4.78, 5) is 17.3. The standard InChI is InChI=1S/C14H16N2OS/c1-9(2)15-13(17)12-10(3)18-14(16-12)11-7-5-4-6-8-11/h4-9H,1-3H3,(H,15,17).